The zero-order chi connectivity index (χ0) is 14.2. The van der Waals surface area contributed by atoms with Crippen molar-refractivity contribution in [1.82, 2.24) is 5.32 Å². The van der Waals surface area contributed by atoms with E-state index in [9.17, 15) is 4.39 Å². The number of hydrogen-bond donors (Lipinski definition) is 1. The van der Waals surface area contributed by atoms with Gasteiger partial charge < -0.3 is 10.1 Å². The molecule has 1 N–H and O–H groups in total. The monoisotopic (exact) mass is 273 g/mol. The number of halogens is 1. The molecule has 0 saturated heterocycles. The first-order valence-electron chi connectivity index (χ1n) is 6.90. The quantitative estimate of drug-likeness (QED) is 0.780. The lowest BCUT2D eigenvalue weighted by Gasteiger charge is -2.14. The van der Waals surface area contributed by atoms with Gasteiger partial charge in [-0.05, 0) is 43.2 Å². The van der Waals surface area contributed by atoms with E-state index in [-0.39, 0.29) is 11.9 Å². The Morgan fingerprint density at radius 2 is 1.90 bits per heavy atom. The first kappa shape index (κ1) is 14.5. The lowest BCUT2D eigenvalue weighted by atomic mass is 10.1. The van der Waals surface area contributed by atoms with Crippen molar-refractivity contribution in [3.8, 4) is 5.75 Å². The van der Waals surface area contributed by atoms with Gasteiger partial charge in [-0.25, -0.2) is 4.39 Å². The van der Waals surface area contributed by atoms with Crippen molar-refractivity contribution < 1.29 is 9.13 Å². The Hall–Kier alpha value is -1.87. The zero-order valence-corrected chi connectivity index (χ0v) is 11.7. The van der Waals surface area contributed by atoms with Gasteiger partial charge in [0.25, 0.3) is 0 Å². The third kappa shape index (κ3) is 5.02. The van der Waals surface area contributed by atoms with E-state index < -0.39 is 0 Å². The van der Waals surface area contributed by atoms with Crippen LogP contribution < -0.4 is 10.1 Å². The molecule has 3 heteroatoms. The fourth-order valence-corrected chi connectivity index (χ4v) is 2.08. The Labute approximate surface area is 119 Å². The van der Waals surface area contributed by atoms with Gasteiger partial charge in [-0.1, -0.05) is 30.3 Å². The topological polar surface area (TPSA) is 21.3 Å². The maximum atomic E-state index is 13.1. The number of nitrogens with one attached hydrogen (secondary N) is 1. The maximum Gasteiger partial charge on any atom is 0.123 e. The molecule has 0 bridgehead atoms. The first-order valence-corrected chi connectivity index (χ1v) is 6.90. The third-order valence-electron chi connectivity index (χ3n) is 3.04. The molecule has 0 radical (unpaired) electrons. The fourth-order valence-electron chi connectivity index (χ4n) is 2.08. The molecule has 1 atom stereocenters. The maximum absolute atomic E-state index is 13.1. The van der Waals surface area contributed by atoms with Crippen LogP contribution in [-0.2, 0) is 6.42 Å². The second kappa shape index (κ2) is 7.65. The van der Waals surface area contributed by atoms with Crippen molar-refractivity contribution in [1.29, 1.82) is 0 Å². The standard InChI is InChI=1S/C17H20FNO/c1-14(12-15-6-5-7-16(18)13-15)19-10-11-20-17-8-3-2-4-9-17/h2-9,13-14,19H,10-12H2,1H3. The predicted molar refractivity (Wildman–Crippen MR) is 79.5 cm³/mol. The van der Waals surface area contributed by atoms with Gasteiger partial charge in [-0.15, -0.1) is 0 Å². The van der Waals surface area contributed by atoms with Gasteiger partial charge in [0.1, 0.15) is 18.2 Å². The minimum absolute atomic E-state index is 0.179. The molecule has 2 rings (SSSR count). The normalized spacial score (nSPS) is 12.1. The van der Waals surface area contributed by atoms with E-state index in [1.807, 2.05) is 36.4 Å². The van der Waals surface area contributed by atoms with E-state index in [0.29, 0.717) is 6.61 Å². The van der Waals surface area contributed by atoms with Gasteiger partial charge >= 0.3 is 0 Å². The van der Waals surface area contributed by atoms with Crippen LogP contribution in [0, 0.1) is 5.82 Å². The molecule has 0 heterocycles. The summed E-state index contributed by atoms with van der Waals surface area (Å²) >= 11 is 0. The van der Waals surface area contributed by atoms with Crippen molar-refractivity contribution in [2.24, 2.45) is 0 Å². The number of benzene rings is 2. The van der Waals surface area contributed by atoms with Crippen molar-refractivity contribution in [2.45, 2.75) is 19.4 Å². The molecule has 0 fully saturated rings. The molecule has 106 valence electrons. The van der Waals surface area contributed by atoms with Crippen LogP contribution in [0.1, 0.15) is 12.5 Å². The highest BCUT2D eigenvalue weighted by Gasteiger charge is 2.03. The van der Waals surface area contributed by atoms with Crippen LogP contribution in [0.2, 0.25) is 0 Å². The Kier molecular flexibility index (Phi) is 5.56. The summed E-state index contributed by atoms with van der Waals surface area (Å²) in [5.41, 5.74) is 1.01. The molecule has 0 aliphatic heterocycles. The second-order valence-corrected chi connectivity index (χ2v) is 4.85. The molecular weight excluding hydrogens is 253 g/mol. The summed E-state index contributed by atoms with van der Waals surface area (Å²) in [6.45, 7) is 3.48. The molecule has 0 aliphatic carbocycles. The van der Waals surface area contributed by atoms with Gasteiger partial charge in [0.05, 0.1) is 0 Å². The minimum atomic E-state index is -0.179. The van der Waals surface area contributed by atoms with Crippen LogP contribution >= 0.6 is 0 Å². The molecule has 0 saturated carbocycles. The summed E-state index contributed by atoms with van der Waals surface area (Å²) in [4.78, 5) is 0. The summed E-state index contributed by atoms with van der Waals surface area (Å²) in [6.07, 6.45) is 0.809. The van der Waals surface area contributed by atoms with E-state index in [4.69, 9.17) is 4.74 Å². The second-order valence-electron chi connectivity index (χ2n) is 4.85. The lowest BCUT2D eigenvalue weighted by Crippen LogP contribution is -2.31. The number of rotatable bonds is 7. The molecule has 2 aromatic rings. The van der Waals surface area contributed by atoms with Crippen molar-refractivity contribution >= 4 is 0 Å². The summed E-state index contributed by atoms with van der Waals surface area (Å²) in [5.74, 6) is 0.703. The lowest BCUT2D eigenvalue weighted by molar-refractivity contribution is 0.306. The molecule has 2 aromatic carbocycles. The summed E-state index contributed by atoms with van der Waals surface area (Å²) in [6, 6.07) is 16.8. The highest BCUT2D eigenvalue weighted by Crippen LogP contribution is 2.08. The van der Waals surface area contributed by atoms with Crippen LogP contribution in [0.25, 0.3) is 0 Å². The predicted octanol–water partition coefficient (Wildman–Crippen LogP) is 3.43. The van der Waals surface area contributed by atoms with E-state index in [0.717, 1.165) is 24.3 Å². The fraction of sp³-hybridized carbons (Fsp3) is 0.294. The van der Waals surface area contributed by atoms with Crippen LogP contribution in [0.15, 0.2) is 54.6 Å². The average molecular weight is 273 g/mol. The van der Waals surface area contributed by atoms with Gasteiger partial charge in [0.2, 0.25) is 0 Å². The van der Waals surface area contributed by atoms with Crippen LogP contribution in [0.5, 0.6) is 5.75 Å². The molecule has 20 heavy (non-hydrogen) atoms. The summed E-state index contributed by atoms with van der Waals surface area (Å²) < 4.78 is 18.7. The molecule has 2 nitrogen and oxygen atoms in total. The van der Waals surface area contributed by atoms with Gasteiger partial charge in [-0.2, -0.15) is 0 Å². The number of ether oxygens (including phenoxy) is 1. The Bertz CT molecular complexity index is 515. The highest BCUT2D eigenvalue weighted by molar-refractivity contribution is 5.21. The minimum Gasteiger partial charge on any atom is -0.492 e. The molecule has 0 aromatic heterocycles. The first-order chi connectivity index (χ1) is 9.74. The van der Waals surface area contributed by atoms with E-state index in [1.165, 1.54) is 6.07 Å². The summed E-state index contributed by atoms with van der Waals surface area (Å²) in [7, 11) is 0. The van der Waals surface area contributed by atoms with Gasteiger partial charge in [0.15, 0.2) is 0 Å². The van der Waals surface area contributed by atoms with Crippen LogP contribution in [0.3, 0.4) is 0 Å². The Balaban J connectivity index is 1.66. The van der Waals surface area contributed by atoms with Crippen LogP contribution in [0.4, 0.5) is 4.39 Å². The SMILES string of the molecule is CC(Cc1cccc(F)c1)NCCOc1ccccc1. The average Bonchev–Trinajstić information content (AvgIpc) is 2.45. The molecular formula is C17H20FNO. The molecule has 1 unspecified atom stereocenters. The van der Waals surface area contributed by atoms with Crippen molar-refractivity contribution in [2.75, 3.05) is 13.2 Å². The largest absolute Gasteiger partial charge is 0.492 e. The van der Waals surface area contributed by atoms with E-state index in [2.05, 4.69) is 12.2 Å². The van der Waals surface area contributed by atoms with Gasteiger partial charge in [0, 0.05) is 12.6 Å². The van der Waals surface area contributed by atoms with Gasteiger partial charge in [-0.3, -0.25) is 0 Å². The highest BCUT2D eigenvalue weighted by atomic mass is 19.1. The Morgan fingerprint density at radius 3 is 2.65 bits per heavy atom. The summed E-state index contributed by atoms with van der Waals surface area (Å²) in [5, 5.41) is 3.37. The number of hydrogen-bond acceptors (Lipinski definition) is 2. The van der Waals surface area contributed by atoms with Crippen molar-refractivity contribution in [3.63, 3.8) is 0 Å². The van der Waals surface area contributed by atoms with E-state index >= 15 is 0 Å². The molecule has 0 spiro atoms. The third-order valence-corrected chi connectivity index (χ3v) is 3.04. The number of para-hydroxylation sites is 1. The molecule has 0 aliphatic rings. The van der Waals surface area contributed by atoms with Crippen LogP contribution in [-0.4, -0.2) is 19.2 Å². The smallest absolute Gasteiger partial charge is 0.123 e. The van der Waals surface area contributed by atoms with E-state index in [1.54, 1.807) is 12.1 Å². The zero-order valence-electron chi connectivity index (χ0n) is 11.7. The molecule has 0 amide bonds. The Morgan fingerprint density at radius 1 is 1.10 bits per heavy atom. The van der Waals surface area contributed by atoms with Crippen molar-refractivity contribution in [3.05, 3.63) is 66.0 Å².